The summed E-state index contributed by atoms with van der Waals surface area (Å²) in [6.45, 7) is 6.31. The van der Waals surface area contributed by atoms with E-state index in [0.29, 0.717) is 17.2 Å². The Bertz CT molecular complexity index is 718. The molecule has 0 atom stereocenters. The normalized spacial score (nSPS) is 10.2. The van der Waals surface area contributed by atoms with E-state index in [1.807, 2.05) is 13.8 Å². The predicted molar refractivity (Wildman–Crippen MR) is 97.3 cm³/mol. The molecule has 2 aromatic rings. The second kappa shape index (κ2) is 7.73. The Labute approximate surface area is 143 Å². The van der Waals surface area contributed by atoms with Crippen LogP contribution in [-0.2, 0) is 4.79 Å². The summed E-state index contributed by atoms with van der Waals surface area (Å²) in [5.74, 6) is 1.09. The van der Waals surface area contributed by atoms with E-state index in [4.69, 9.17) is 9.47 Å². The second-order valence-electron chi connectivity index (χ2n) is 5.74. The third kappa shape index (κ3) is 4.19. The van der Waals surface area contributed by atoms with Gasteiger partial charge in [0.1, 0.15) is 11.5 Å². The summed E-state index contributed by atoms with van der Waals surface area (Å²) < 4.78 is 10.4. The van der Waals surface area contributed by atoms with Gasteiger partial charge in [-0.15, -0.1) is 0 Å². The van der Waals surface area contributed by atoms with Gasteiger partial charge < -0.3 is 20.1 Å². The summed E-state index contributed by atoms with van der Waals surface area (Å²) in [5, 5.41) is 6.06. The molecule has 2 aromatic carbocycles. The molecule has 0 spiro atoms. The highest BCUT2D eigenvalue weighted by Gasteiger charge is 2.10. The fourth-order valence-electron chi connectivity index (χ4n) is 2.72. The monoisotopic (exact) mass is 328 g/mol. The quantitative estimate of drug-likeness (QED) is 0.849. The van der Waals surface area contributed by atoms with Crippen molar-refractivity contribution in [3.05, 3.63) is 47.0 Å². The first kappa shape index (κ1) is 17.7. The molecule has 2 N–H and O–H groups in total. The van der Waals surface area contributed by atoms with Gasteiger partial charge in [-0.2, -0.15) is 0 Å². The van der Waals surface area contributed by atoms with Gasteiger partial charge >= 0.3 is 0 Å². The maximum Gasteiger partial charge on any atom is 0.243 e. The number of rotatable bonds is 6. The van der Waals surface area contributed by atoms with Gasteiger partial charge in [0.2, 0.25) is 5.91 Å². The Morgan fingerprint density at radius 2 is 1.67 bits per heavy atom. The van der Waals surface area contributed by atoms with Crippen LogP contribution < -0.4 is 20.1 Å². The van der Waals surface area contributed by atoms with Crippen LogP contribution >= 0.6 is 0 Å². The van der Waals surface area contributed by atoms with Crippen LogP contribution in [0.5, 0.6) is 11.5 Å². The molecule has 0 aliphatic rings. The number of nitrogens with one attached hydrogen (secondary N) is 2. The topological polar surface area (TPSA) is 59.6 Å². The number of carbonyl (C=O) groups is 1. The molecule has 0 bridgehead atoms. The minimum Gasteiger partial charge on any atom is -0.497 e. The molecule has 2 rings (SSSR count). The third-order valence-corrected chi connectivity index (χ3v) is 3.79. The van der Waals surface area contributed by atoms with Gasteiger partial charge in [-0.3, -0.25) is 4.79 Å². The maximum atomic E-state index is 12.2. The molecule has 0 fully saturated rings. The van der Waals surface area contributed by atoms with Crippen LogP contribution in [-0.4, -0.2) is 26.7 Å². The van der Waals surface area contributed by atoms with E-state index in [1.165, 1.54) is 5.56 Å². The maximum absolute atomic E-state index is 12.2. The average molecular weight is 328 g/mol. The highest BCUT2D eigenvalue weighted by molar-refractivity contribution is 5.95. The van der Waals surface area contributed by atoms with E-state index in [9.17, 15) is 4.79 Å². The smallest absolute Gasteiger partial charge is 0.243 e. The van der Waals surface area contributed by atoms with E-state index in [2.05, 4.69) is 29.7 Å². The van der Waals surface area contributed by atoms with Crippen molar-refractivity contribution in [2.45, 2.75) is 20.8 Å². The number of aryl methyl sites for hydroxylation is 3. The SMILES string of the molecule is COc1ccc(NC(=O)CNc2c(C)cc(C)cc2C)c(OC)c1. The molecule has 24 heavy (non-hydrogen) atoms. The van der Waals surface area contributed by atoms with Crippen LogP contribution in [0.15, 0.2) is 30.3 Å². The lowest BCUT2D eigenvalue weighted by Crippen LogP contribution is -2.22. The number of ether oxygens (including phenoxy) is 2. The minimum absolute atomic E-state index is 0.141. The summed E-state index contributed by atoms with van der Waals surface area (Å²) in [4.78, 5) is 12.2. The summed E-state index contributed by atoms with van der Waals surface area (Å²) in [7, 11) is 3.14. The Kier molecular flexibility index (Phi) is 5.68. The van der Waals surface area contributed by atoms with Crippen molar-refractivity contribution in [2.75, 3.05) is 31.4 Å². The van der Waals surface area contributed by atoms with Gasteiger partial charge in [-0.05, 0) is 44.0 Å². The zero-order valence-corrected chi connectivity index (χ0v) is 14.8. The fraction of sp³-hybridized carbons (Fsp3) is 0.316. The zero-order chi connectivity index (χ0) is 17.7. The van der Waals surface area contributed by atoms with Crippen molar-refractivity contribution < 1.29 is 14.3 Å². The zero-order valence-electron chi connectivity index (χ0n) is 14.8. The molecular weight excluding hydrogens is 304 g/mol. The molecule has 5 heteroatoms. The molecule has 1 amide bonds. The van der Waals surface area contributed by atoms with Crippen molar-refractivity contribution in [1.29, 1.82) is 0 Å². The fourth-order valence-corrected chi connectivity index (χ4v) is 2.72. The lowest BCUT2D eigenvalue weighted by molar-refractivity contribution is -0.114. The molecule has 0 aromatic heterocycles. The van der Waals surface area contributed by atoms with Gasteiger partial charge in [-0.25, -0.2) is 0 Å². The third-order valence-electron chi connectivity index (χ3n) is 3.79. The van der Waals surface area contributed by atoms with Crippen molar-refractivity contribution in [3.63, 3.8) is 0 Å². The predicted octanol–water partition coefficient (Wildman–Crippen LogP) is 3.68. The van der Waals surface area contributed by atoms with Crippen LogP contribution in [0.25, 0.3) is 0 Å². The molecule has 0 saturated carbocycles. The molecule has 5 nitrogen and oxygen atoms in total. The first-order valence-electron chi connectivity index (χ1n) is 7.78. The molecule has 0 aliphatic heterocycles. The number of hydrogen-bond acceptors (Lipinski definition) is 4. The van der Waals surface area contributed by atoms with Crippen molar-refractivity contribution in [2.24, 2.45) is 0 Å². The molecule has 0 aliphatic carbocycles. The molecular formula is C19H24N2O3. The van der Waals surface area contributed by atoms with Crippen molar-refractivity contribution in [3.8, 4) is 11.5 Å². The Morgan fingerprint density at radius 3 is 2.25 bits per heavy atom. The first-order chi connectivity index (χ1) is 11.4. The van der Waals surface area contributed by atoms with Crippen LogP contribution in [0, 0.1) is 20.8 Å². The molecule has 0 saturated heterocycles. The Hall–Kier alpha value is -2.69. The average Bonchev–Trinajstić information content (AvgIpc) is 2.54. The van der Waals surface area contributed by atoms with Crippen LogP contribution in [0.2, 0.25) is 0 Å². The van der Waals surface area contributed by atoms with Gasteiger partial charge in [0.15, 0.2) is 0 Å². The second-order valence-corrected chi connectivity index (χ2v) is 5.74. The van der Waals surface area contributed by atoms with E-state index in [0.717, 1.165) is 16.8 Å². The molecule has 0 radical (unpaired) electrons. The number of carbonyl (C=O) groups excluding carboxylic acids is 1. The summed E-state index contributed by atoms with van der Waals surface area (Å²) in [6.07, 6.45) is 0. The summed E-state index contributed by atoms with van der Waals surface area (Å²) in [5.41, 5.74) is 5.08. The van der Waals surface area contributed by atoms with Crippen LogP contribution in [0.3, 0.4) is 0 Å². The highest BCUT2D eigenvalue weighted by Crippen LogP contribution is 2.29. The van der Waals surface area contributed by atoms with Gasteiger partial charge in [0.05, 0.1) is 26.5 Å². The number of amides is 1. The number of hydrogen-bond donors (Lipinski definition) is 2. The lowest BCUT2D eigenvalue weighted by atomic mass is 10.1. The Morgan fingerprint density at radius 1 is 1.00 bits per heavy atom. The highest BCUT2D eigenvalue weighted by atomic mass is 16.5. The Balaban J connectivity index is 2.04. The largest absolute Gasteiger partial charge is 0.497 e. The van der Waals surface area contributed by atoms with E-state index >= 15 is 0 Å². The van der Waals surface area contributed by atoms with Gasteiger partial charge in [0, 0.05) is 11.8 Å². The first-order valence-corrected chi connectivity index (χ1v) is 7.78. The number of benzene rings is 2. The minimum atomic E-state index is -0.141. The van der Waals surface area contributed by atoms with Crippen molar-refractivity contribution >= 4 is 17.3 Å². The van der Waals surface area contributed by atoms with Crippen LogP contribution in [0.4, 0.5) is 11.4 Å². The molecule has 0 unspecified atom stereocenters. The van der Waals surface area contributed by atoms with E-state index in [-0.39, 0.29) is 12.5 Å². The molecule has 0 heterocycles. The summed E-state index contributed by atoms with van der Waals surface area (Å²) >= 11 is 0. The lowest BCUT2D eigenvalue weighted by Gasteiger charge is -2.15. The van der Waals surface area contributed by atoms with Gasteiger partial charge in [-0.1, -0.05) is 17.7 Å². The van der Waals surface area contributed by atoms with Gasteiger partial charge in [0.25, 0.3) is 0 Å². The van der Waals surface area contributed by atoms with E-state index < -0.39 is 0 Å². The van der Waals surface area contributed by atoms with E-state index in [1.54, 1.807) is 32.4 Å². The van der Waals surface area contributed by atoms with Crippen LogP contribution in [0.1, 0.15) is 16.7 Å². The number of methoxy groups -OCH3 is 2. The number of anilines is 2. The summed E-state index contributed by atoms with van der Waals surface area (Å²) in [6, 6.07) is 9.47. The molecule has 128 valence electrons. The standard InChI is InChI=1S/C19H24N2O3/c1-12-8-13(2)19(14(3)9-12)20-11-18(22)21-16-7-6-15(23-4)10-17(16)24-5/h6-10,20H,11H2,1-5H3,(H,21,22). The van der Waals surface area contributed by atoms with Crippen molar-refractivity contribution in [1.82, 2.24) is 0 Å².